The first kappa shape index (κ1) is 15.1. The summed E-state index contributed by atoms with van der Waals surface area (Å²) in [5.74, 6) is 0.887. The van der Waals surface area contributed by atoms with Gasteiger partial charge in [0.2, 0.25) is 0 Å². The van der Waals surface area contributed by atoms with Gasteiger partial charge in [0, 0.05) is 42.3 Å². The highest BCUT2D eigenvalue weighted by Crippen LogP contribution is 2.31. The zero-order valence-electron chi connectivity index (χ0n) is 13.3. The molecule has 2 heterocycles. The maximum Gasteiger partial charge on any atom is 0.119 e. The highest BCUT2D eigenvalue weighted by atomic mass is 16.5. The van der Waals surface area contributed by atoms with E-state index in [2.05, 4.69) is 34.3 Å². The van der Waals surface area contributed by atoms with E-state index in [0.717, 1.165) is 43.7 Å². The minimum absolute atomic E-state index is 0.215. The van der Waals surface area contributed by atoms with Crippen molar-refractivity contribution < 1.29 is 9.84 Å². The molecule has 0 radical (unpaired) electrons. The van der Waals surface area contributed by atoms with Gasteiger partial charge in [0.25, 0.3) is 0 Å². The number of aromatic nitrogens is 1. The van der Waals surface area contributed by atoms with Gasteiger partial charge in [0.15, 0.2) is 0 Å². The van der Waals surface area contributed by atoms with Crippen molar-refractivity contribution >= 4 is 16.5 Å². The van der Waals surface area contributed by atoms with E-state index in [9.17, 15) is 5.11 Å². The first-order chi connectivity index (χ1) is 10.7. The predicted octanol–water partition coefficient (Wildman–Crippen LogP) is 3.04. The van der Waals surface area contributed by atoms with Crippen LogP contribution in [0.4, 0.5) is 0 Å². The molecule has 0 bridgehead atoms. The molecule has 118 valence electrons. The number of H-pyrrole nitrogens is 1. The minimum Gasteiger partial charge on any atom is -0.497 e. The molecule has 1 aliphatic rings. The summed E-state index contributed by atoms with van der Waals surface area (Å²) in [6.45, 7) is 4.69. The number of rotatable bonds is 5. The van der Waals surface area contributed by atoms with Crippen LogP contribution in [0.3, 0.4) is 0 Å². The normalized spacial score (nSPS) is 17.5. The molecule has 0 aliphatic carbocycles. The Balaban J connectivity index is 1.80. The summed E-state index contributed by atoms with van der Waals surface area (Å²) in [5.41, 5.74) is 3.78. The number of aliphatic hydroxyl groups is 1. The second-order valence-electron chi connectivity index (χ2n) is 5.91. The summed E-state index contributed by atoms with van der Waals surface area (Å²) in [4.78, 5) is 5.65. The molecule has 0 unspecified atom stereocenters. The van der Waals surface area contributed by atoms with Gasteiger partial charge in [0.1, 0.15) is 5.75 Å². The van der Waals surface area contributed by atoms with Crippen molar-refractivity contribution in [1.82, 2.24) is 9.88 Å². The Hall–Kier alpha value is -1.78. The lowest BCUT2D eigenvalue weighted by molar-refractivity contribution is 0.115. The van der Waals surface area contributed by atoms with Crippen LogP contribution in [0.2, 0.25) is 0 Å². The SMILES string of the molecule is CC[C@@H](O)CN1CC=C(c2c[nH]c3ccc(OC)cc23)CC1. The van der Waals surface area contributed by atoms with Crippen LogP contribution in [0.5, 0.6) is 5.75 Å². The van der Waals surface area contributed by atoms with Gasteiger partial charge in [-0.1, -0.05) is 13.0 Å². The molecule has 1 aliphatic heterocycles. The van der Waals surface area contributed by atoms with Crippen LogP contribution in [-0.2, 0) is 0 Å². The van der Waals surface area contributed by atoms with E-state index in [1.54, 1.807) is 7.11 Å². The molecule has 3 rings (SSSR count). The molecule has 2 aromatic rings. The Morgan fingerprint density at radius 1 is 1.41 bits per heavy atom. The third kappa shape index (κ3) is 3.03. The molecular formula is C18H24N2O2. The van der Waals surface area contributed by atoms with Gasteiger partial charge in [-0.15, -0.1) is 0 Å². The average Bonchev–Trinajstić information content (AvgIpc) is 2.98. The standard InChI is InChI=1S/C18H24N2O2/c1-3-14(21)12-20-8-6-13(7-9-20)17-11-19-18-5-4-15(22-2)10-16(17)18/h4-6,10-11,14,19,21H,3,7-9,12H2,1-2H3/t14-/m1/s1. The van der Waals surface area contributed by atoms with E-state index in [0.29, 0.717) is 0 Å². The van der Waals surface area contributed by atoms with Crippen LogP contribution in [0.25, 0.3) is 16.5 Å². The topological polar surface area (TPSA) is 48.5 Å². The van der Waals surface area contributed by atoms with Crippen molar-refractivity contribution in [1.29, 1.82) is 0 Å². The molecule has 22 heavy (non-hydrogen) atoms. The third-order valence-corrected chi connectivity index (χ3v) is 4.47. The van der Waals surface area contributed by atoms with Crippen molar-refractivity contribution in [3.05, 3.63) is 36.0 Å². The molecule has 0 saturated carbocycles. The number of nitrogens with one attached hydrogen (secondary N) is 1. The van der Waals surface area contributed by atoms with Crippen molar-refractivity contribution in [2.45, 2.75) is 25.9 Å². The molecule has 1 aromatic heterocycles. The van der Waals surface area contributed by atoms with Gasteiger partial charge in [-0.25, -0.2) is 0 Å². The van der Waals surface area contributed by atoms with E-state index in [-0.39, 0.29) is 6.10 Å². The van der Waals surface area contributed by atoms with Gasteiger partial charge in [-0.2, -0.15) is 0 Å². The maximum absolute atomic E-state index is 9.78. The zero-order chi connectivity index (χ0) is 15.5. The fourth-order valence-corrected chi connectivity index (χ4v) is 3.04. The van der Waals surface area contributed by atoms with Gasteiger partial charge in [0.05, 0.1) is 13.2 Å². The Labute approximate surface area is 131 Å². The smallest absolute Gasteiger partial charge is 0.119 e. The molecule has 2 N–H and O–H groups in total. The zero-order valence-corrected chi connectivity index (χ0v) is 13.3. The van der Waals surface area contributed by atoms with Crippen molar-refractivity contribution in [3.63, 3.8) is 0 Å². The molecule has 0 fully saturated rings. The number of nitrogens with zero attached hydrogens (tertiary/aromatic N) is 1. The fraction of sp³-hybridized carbons (Fsp3) is 0.444. The van der Waals surface area contributed by atoms with Crippen LogP contribution < -0.4 is 4.74 Å². The first-order valence-corrected chi connectivity index (χ1v) is 7.96. The number of β-amino-alcohol motifs (C(OH)–C–C–N with tert-alkyl or cyclic N) is 1. The second kappa shape index (κ2) is 6.55. The summed E-state index contributed by atoms with van der Waals surface area (Å²) in [6.07, 6.45) is 5.99. The Kier molecular flexibility index (Phi) is 4.50. The highest BCUT2D eigenvalue weighted by Gasteiger charge is 2.17. The molecule has 1 atom stereocenters. The van der Waals surface area contributed by atoms with Crippen LogP contribution in [-0.4, -0.2) is 47.8 Å². The summed E-state index contributed by atoms with van der Waals surface area (Å²) in [7, 11) is 1.70. The second-order valence-corrected chi connectivity index (χ2v) is 5.91. The first-order valence-electron chi connectivity index (χ1n) is 7.96. The Morgan fingerprint density at radius 3 is 2.95 bits per heavy atom. The molecule has 0 spiro atoms. The number of hydrogen-bond donors (Lipinski definition) is 2. The van der Waals surface area contributed by atoms with Crippen molar-refractivity contribution in [3.8, 4) is 5.75 Å². The van der Waals surface area contributed by atoms with Crippen molar-refractivity contribution in [2.75, 3.05) is 26.7 Å². The molecule has 4 heteroatoms. The lowest BCUT2D eigenvalue weighted by Gasteiger charge is -2.27. The molecule has 4 nitrogen and oxygen atoms in total. The Bertz CT molecular complexity index is 675. The number of ether oxygens (including phenoxy) is 1. The summed E-state index contributed by atoms with van der Waals surface area (Å²) in [5, 5.41) is 11.0. The van der Waals surface area contributed by atoms with E-state index < -0.39 is 0 Å². The molecule has 1 aromatic carbocycles. The minimum atomic E-state index is -0.215. The molecular weight excluding hydrogens is 276 g/mol. The van der Waals surface area contributed by atoms with E-state index in [4.69, 9.17) is 4.74 Å². The lowest BCUT2D eigenvalue weighted by atomic mass is 9.98. The quantitative estimate of drug-likeness (QED) is 0.892. The highest BCUT2D eigenvalue weighted by molar-refractivity contribution is 5.93. The Morgan fingerprint density at radius 2 is 2.27 bits per heavy atom. The maximum atomic E-state index is 9.78. The predicted molar refractivity (Wildman–Crippen MR) is 90.2 cm³/mol. The number of aromatic amines is 1. The van der Waals surface area contributed by atoms with Crippen LogP contribution in [0, 0.1) is 0 Å². The van der Waals surface area contributed by atoms with Gasteiger partial charge < -0.3 is 14.8 Å². The van der Waals surface area contributed by atoms with Crippen molar-refractivity contribution in [2.24, 2.45) is 0 Å². The monoisotopic (exact) mass is 300 g/mol. The molecule has 0 saturated heterocycles. The lowest BCUT2D eigenvalue weighted by Crippen LogP contribution is -2.35. The largest absolute Gasteiger partial charge is 0.497 e. The number of methoxy groups -OCH3 is 1. The third-order valence-electron chi connectivity index (χ3n) is 4.47. The van der Waals surface area contributed by atoms with Gasteiger partial charge >= 0.3 is 0 Å². The van der Waals surface area contributed by atoms with E-state index in [1.165, 1.54) is 16.5 Å². The number of hydrogen-bond acceptors (Lipinski definition) is 3. The summed E-state index contributed by atoms with van der Waals surface area (Å²) in [6, 6.07) is 6.13. The van der Waals surface area contributed by atoms with Gasteiger partial charge in [-0.05, 0) is 36.6 Å². The number of benzene rings is 1. The summed E-state index contributed by atoms with van der Waals surface area (Å²) < 4.78 is 5.34. The van der Waals surface area contributed by atoms with Crippen LogP contribution in [0.15, 0.2) is 30.5 Å². The number of fused-ring (bicyclic) bond motifs is 1. The van der Waals surface area contributed by atoms with Crippen LogP contribution in [0.1, 0.15) is 25.3 Å². The molecule has 0 amide bonds. The summed E-state index contributed by atoms with van der Waals surface area (Å²) >= 11 is 0. The van der Waals surface area contributed by atoms with Crippen LogP contribution >= 0.6 is 0 Å². The fourth-order valence-electron chi connectivity index (χ4n) is 3.04. The van der Waals surface area contributed by atoms with E-state index >= 15 is 0 Å². The van der Waals surface area contributed by atoms with Gasteiger partial charge in [-0.3, -0.25) is 4.90 Å². The van der Waals surface area contributed by atoms with E-state index in [1.807, 2.05) is 13.0 Å². The average molecular weight is 300 g/mol. The number of aliphatic hydroxyl groups excluding tert-OH is 1.